The number of nitrogens with zero attached hydrogens (tertiary/aromatic N) is 1. The lowest BCUT2D eigenvalue weighted by Gasteiger charge is -2.20. The molecule has 0 N–H and O–H groups in total. The second kappa shape index (κ2) is 10.9. The maximum absolute atomic E-state index is 12.1. The first-order chi connectivity index (χ1) is 17.0. The normalized spacial score (nSPS) is 13.3. The van der Waals surface area contributed by atoms with Crippen molar-refractivity contribution in [1.82, 2.24) is 5.06 Å². The van der Waals surface area contributed by atoms with Crippen molar-refractivity contribution in [1.29, 1.82) is 0 Å². The molecule has 0 unspecified atom stereocenters. The molecule has 1 aliphatic rings. The van der Waals surface area contributed by atoms with Crippen LogP contribution in [0.5, 0.6) is 11.5 Å². The van der Waals surface area contributed by atoms with Crippen LogP contribution < -0.4 is 9.47 Å². The fourth-order valence-electron chi connectivity index (χ4n) is 4.10. The van der Waals surface area contributed by atoms with Crippen molar-refractivity contribution in [2.45, 2.75) is 31.6 Å². The van der Waals surface area contributed by atoms with E-state index in [1.165, 1.54) is 0 Å². The van der Waals surface area contributed by atoms with Crippen LogP contribution in [0.2, 0.25) is 0 Å². The van der Waals surface area contributed by atoms with Crippen molar-refractivity contribution in [3.63, 3.8) is 0 Å². The van der Waals surface area contributed by atoms with Crippen LogP contribution in [-0.4, -0.2) is 37.1 Å². The minimum atomic E-state index is -0.605. The van der Waals surface area contributed by atoms with Gasteiger partial charge in [-0.2, -0.15) is 0 Å². The first-order valence-electron chi connectivity index (χ1n) is 11.4. The Morgan fingerprint density at radius 2 is 1.17 bits per heavy atom. The molecule has 7 heteroatoms. The summed E-state index contributed by atoms with van der Waals surface area (Å²) in [5.74, 6) is 0.0280. The molecule has 2 amide bonds. The van der Waals surface area contributed by atoms with Gasteiger partial charge in [-0.15, -0.1) is 5.06 Å². The van der Waals surface area contributed by atoms with E-state index in [1.807, 2.05) is 48.5 Å². The summed E-state index contributed by atoms with van der Waals surface area (Å²) in [7, 11) is 3.29. The maximum atomic E-state index is 12.1. The van der Waals surface area contributed by atoms with E-state index >= 15 is 0 Å². The number of methoxy groups -OCH3 is 2. The van der Waals surface area contributed by atoms with Crippen LogP contribution in [0, 0.1) is 0 Å². The molecule has 1 heterocycles. The molecule has 0 bridgehead atoms. The molecule has 7 nitrogen and oxygen atoms in total. The number of ether oxygens (including phenoxy) is 2. The molecular formula is C28H27NO6. The lowest BCUT2D eigenvalue weighted by molar-refractivity contribution is -0.197. The topological polar surface area (TPSA) is 82.1 Å². The summed E-state index contributed by atoms with van der Waals surface area (Å²) in [6, 6.07) is 24.1. The van der Waals surface area contributed by atoms with Gasteiger partial charge in [0.05, 0.1) is 20.6 Å². The van der Waals surface area contributed by atoms with Gasteiger partial charge in [-0.05, 0) is 52.9 Å². The Morgan fingerprint density at radius 1 is 0.743 bits per heavy atom. The van der Waals surface area contributed by atoms with Gasteiger partial charge in [0.15, 0.2) is 0 Å². The van der Waals surface area contributed by atoms with E-state index in [4.69, 9.17) is 14.3 Å². The Labute approximate surface area is 204 Å². The molecule has 0 aliphatic carbocycles. The summed E-state index contributed by atoms with van der Waals surface area (Å²) in [6.07, 6.45) is 0.663. The number of aryl methyl sites for hydroxylation is 1. The van der Waals surface area contributed by atoms with Crippen molar-refractivity contribution in [3.05, 3.63) is 95.1 Å². The molecule has 3 aromatic carbocycles. The van der Waals surface area contributed by atoms with E-state index in [-0.39, 0.29) is 25.2 Å². The minimum absolute atomic E-state index is 0.00183. The molecule has 180 valence electrons. The zero-order chi connectivity index (χ0) is 24.8. The van der Waals surface area contributed by atoms with Gasteiger partial charge in [0.1, 0.15) is 11.5 Å². The average molecular weight is 474 g/mol. The van der Waals surface area contributed by atoms with Gasteiger partial charge in [-0.1, -0.05) is 48.5 Å². The highest BCUT2D eigenvalue weighted by atomic mass is 16.7. The van der Waals surface area contributed by atoms with Crippen LogP contribution in [0.25, 0.3) is 0 Å². The van der Waals surface area contributed by atoms with Crippen LogP contribution in [-0.2, 0) is 25.6 Å². The van der Waals surface area contributed by atoms with E-state index in [9.17, 15) is 14.4 Å². The third-order valence-corrected chi connectivity index (χ3v) is 6.03. The van der Waals surface area contributed by atoms with E-state index in [2.05, 4.69) is 24.3 Å². The smallest absolute Gasteiger partial charge is 0.333 e. The summed E-state index contributed by atoms with van der Waals surface area (Å²) >= 11 is 0. The second-order valence-corrected chi connectivity index (χ2v) is 8.27. The van der Waals surface area contributed by atoms with Gasteiger partial charge in [-0.3, -0.25) is 9.59 Å². The van der Waals surface area contributed by atoms with Crippen molar-refractivity contribution >= 4 is 17.8 Å². The van der Waals surface area contributed by atoms with E-state index in [0.29, 0.717) is 11.5 Å². The van der Waals surface area contributed by atoms with Gasteiger partial charge in [-0.25, -0.2) is 4.79 Å². The molecule has 0 radical (unpaired) electrons. The van der Waals surface area contributed by atoms with Crippen molar-refractivity contribution in [2.75, 3.05) is 14.2 Å². The number of rotatable bonds is 9. The van der Waals surface area contributed by atoms with Gasteiger partial charge in [0.25, 0.3) is 11.8 Å². The quantitative estimate of drug-likeness (QED) is 0.338. The summed E-state index contributed by atoms with van der Waals surface area (Å²) in [5, 5.41) is 0.583. The van der Waals surface area contributed by atoms with Gasteiger partial charge in [0.2, 0.25) is 0 Å². The van der Waals surface area contributed by atoms with Crippen LogP contribution in [0.1, 0.15) is 47.4 Å². The lowest BCUT2D eigenvalue weighted by Crippen LogP contribution is -2.32. The van der Waals surface area contributed by atoms with Crippen molar-refractivity contribution in [3.8, 4) is 11.5 Å². The Bertz CT molecular complexity index is 1120. The number of carbonyl (C=O) groups is 3. The molecule has 0 saturated carbocycles. The molecule has 4 rings (SSSR count). The maximum Gasteiger partial charge on any atom is 0.333 e. The Kier molecular flexibility index (Phi) is 7.45. The molecule has 0 spiro atoms. The first-order valence-corrected chi connectivity index (χ1v) is 11.4. The molecule has 1 fully saturated rings. The average Bonchev–Trinajstić information content (AvgIpc) is 3.21. The third kappa shape index (κ3) is 5.69. The highest BCUT2D eigenvalue weighted by Crippen LogP contribution is 2.34. The molecule has 35 heavy (non-hydrogen) atoms. The van der Waals surface area contributed by atoms with Gasteiger partial charge in [0, 0.05) is 18.8 Å². The predicted molar refractivity (Wildman–Crippen MR) is 129 cm³/mol. The summed E-state index contributed by atoms with van der Waals surface area (Å²) < 4.78 is 10.6. The molecule has 3 aromatic rings. The van der Waals surface area contributed by atoms with E-state index in [1.54, 1.807) is 14.2 Å². The second-order valence-electron chi connectivity index (χ2n) is 8.27. The summed E-state index contributed by atoms with van der Waals surface area (Å²) in [4.78, 5) is 40.3. The lowest BCUT2D eigenvalue weighted by atomic mass is 9.84. The van der Waals surface area contributed by atoms with Crippen LogP contribution in [0.3, 0.4) is 0 Å². The predicted octanol–water partition coefficient (Wildman–Crippen LogP) is 4.42. The summed E-state index contributed by atoms with van der Waals surface area (Å²) in [6.45, 7) is 0. The highest BCUT2D eigenvalue weighted by molar-refractivity contribution is 6.01. The third-order valence-electron chi connectivity index (χ3n) is 6.03. The van der Waals surface area contributed by atoms with Crippen LogP contribution in [0.15, 0.2) is 72.8 Å². The number of imide groups is 1. The number of benzene rings is 3. The molecule has 1 saturated heterocycles. The number of hydrogen-bond donors (Lipinski definition) is 0. The molecule has 1 aliphatic heterocycles. The van der Waals surface area contributed by atoms with E-state index < -0.39 is 17.8 Å². The van der Waals surface area contributed by atoms with E-state index in [0.717, 1.165) is 33.8 Å². The van der Waals surface area contributed by atoms with Crippen LogP contribution in [0.4, 0.5) is 0 Å². The van der Waals surface area contributed by atoms with Gasteiger partial charge >= 0.3 is 5.97 Å². The first kappa shape index (κ1) is 24.0. The fraction of sp³-hybridized carbons (Fsp3) is 0.250. The zero-order valence-corrected chi connectivity index (χ0v) is 19.7. The SMILES string of the molecule is COc1ccc(C(c2ccc(CCC(=O)ON3C(=O)CCC3=O)cc2)c2ccc(OC)cc2)cc1. The van der Waals surface area contributed by atoms with Crippen molar-refractivity contribution < 1.29 is 28.7 Å². The molecule has 0 aromatic heterocycles. The van der Waals surface area contributed by atoms with Gasteiger partial charge < -0.3 is 14.3 Å². The molecule has 0 atom stereocenters. The van der Waals surface area contributed by atoms with Crippen molar-refractivity contribution in [2.24, 2.45) is 0 Å². The number of hydrogen-bond acceptors (Lipinski definition) is 6. The fourth-order valence-corrected chi connectivity index (χ4v) is 4.10. The van der Waals surface area contributed by atoms with Crippen LogP contribution >= 0.6 is 0 Å². The number of carbonyl (C=O) groups excluding carboxylic acids is 3. The highest BCUT2D eigenvalue weighted by Gasteiger charge is 2.32. The Morgan fingerprint density at radius 3 is 1.60 bits per heavy atom. The monoisotopic (exact) mass is 473 g/mol. The largest absolute Gasteiger partial charge is 0.497 e. The number of hydroxylamine groups is 2. The Balaban J connectivity index is 1.49. The summed E-state index contributed by atoms with van der Waals surface area (Å²) in [5.41, 5.74) is 4.28. The molecular weight excluding hydrogens is 446 g/mol. The minimum Gasteiger partial charge on any atom is -0.497 e. The Hall–Kier alpha value is -4.13. The standard InChI is InChI=1S/C28H27NO6/c1-33-23-12-8-21(9-13-23)28(22-10-14-24(34-2)15-11-22)20-6-3-19(4-7-20)5-18-27(32)35-29-25(30)16-17-26(29)31/h3-4,6-15,28H,5,16-18H2,1-2H3. The zero-order valence-electron chi connectivity index (χ0n) is 19.7. The number of amides is 2.